The predicted molar refractivity (Wildman–Crippen MR) is 113 cm³/mol. The molecule has 0 fully saturated rings. The molecule has 1 aliphatic rings. The van der Waals surface area contributed by atoms with E-state index in [0.29, 0.717) is 16.5 Å². The van der Waals surface area contributed by atoms with Crippen LogP contribution in [-0.4, -0.2) is 38.8 Å². The first-order chi connectivity index (χ1) is 15.3. The average Bonchev–Trinajstić information content (AvgIpc) is 3.26. The molecule has 1 aromatic heterocycles. The molecule has 1 aliphatic heterocycles. The van der Waals surface area contributed by atoms with Crippen molar-refractivity contribution in [1.29, 1.82) is 5.26 Å². The number of nitrogens with zero attached hydrogens (tertiary/aromatic N) is 2. The van der Waals surface area contributed by atoms with E-state index in [-0.39, 0.29) is 22.2 Å². The van der Waals surface area contributed by atoms with Crippen molar-refractivity contribution in [3.63, 3.8) is 0 Å². The Labute approximate surface area is 182 Å². The second-order valence-corrected chi connectivity index (χ2v) is 8.48. The number of fused-ring (bicyclic) bond motifs is 2. The molecule has 0 saturated carbocycles. The number of para-hydroxylation sites is 1. The van der Waals surface area contributed by atoms with Crippen LogP contribution in [0.5, 0.6) is 0 Å². The van der Waals surface area contributed by atoms with Gasteiger partial charge in [0.1, 0.15) is 29.2 Å². The molecule has 2 aromatic carbocycles. The Balaban J connectivity index is 1.42. The third-order valence-corrected chi connectivity index (χ3v) is 6.03. The molecule has 1 atom stereocenters. The summed E-state index contributed by atoms with van der Waals surface area (Å²) in [5, 5.41) is 12.3. The van der Waals surface area contributed by atoms with Crippen LogP contribution < -0.4 is 10.0 Å². The molecule has 11 heteroatoms. The topological polar surface area (TPSA) is 151 Å². The van der Waals surface area contributed by atoms with E-state index in [2.05, 4.69) is 15.0 Å². The van der Waals surface area contributed by atoms with Crippen molar-refractivity contribution in [2.45, 2.75) is 17.9 Å². The van der Waals surface area contributed by atoms with Crippen LogP contribution in [0.15, 0.2) is 62.8 Å². The molecular formula is C21H16N4O6S. The molecule has 10 nitrogen and oxygen atoms in total. The number of rotatable bonds is 5. The van der Waals surface area contributed by atoms with E-state index in [1.54, 1.807) is 42.5 Å². The Kier molecular flexibility index (Phi) is 5.38. The first-order valence-corrected chi connectivity index (χ1v) is 10.9. The average molecular weight is 452 g/mol. The molecule has 0 aliphatic carbocycles. The lowest BCUT2D eigenvalue weighted by Crippen LogP contribution is -2.28. The molecule has 162 valence electrons. The number of sulfonamides is 1. The van der Waals surface area contributed by atoms with Gasteiger partial charge in [-0.05, 0) is 31.2 Å². The van der Waals surface area contributed by atoms with E-state index in [1.807, 2.05) is 6.07 Å². The van der Waals surface area contributed by atoms with Gasteiger partial charge in [-0.3, -0.25) is 14.5 Å². The van der Waals surface area contributed by atoms with E-state index >= 15 is 0 Å². The monoisotopic (exact) mass is 452 g/mol. The molecule has 0 radical (unpaired) electrons. The highest BCUT2D eigenvalue weighted by Gasteiger charge is 2.31. The number of amides is 1. The first-order valence-electron chi connectivity index (χ1n) is 9.38. The largest absolute Gasteiger partial charge is 0.454 e. The normalized spacial score (nSPS) is 16.1. The quantitative estimate of drug-likeness (QED) is 0.561. The number of anilines is 1. The van der Waals surface area contributed by atoms with Gasteiger partial charge in [-0.15, -0.1) is 0 Å². The lowest BCUT2D eigenvalue weighted by molar-refractivity contribution is -0.148. The Morgan fingerprint density at radius 2 is 1.94 bits per heavy atom. The molecule has 0 bridgehead atoms. The van der Waals surface area contributed by atoms with Crippen molar-refractivity contribution in [3.05, 3.63) is 59.9 Å². The fourth-order valence-electron chi connectivity index (χ4n) is 3.16. The molecule has 0 saturated heterocycles. The molecule has 2 heterocycles. The van der Waals surface area contributed by atoms with Gasteiger partial charge in [0.2, 0.25) is 5.76 Å². The predicted octanol–water partition coefficient (Wildman–Crippen LogP) is 1.91. The highest BCUT2D eigenvalue weighted by atomic mass is 32.2. The molecule has 1 unspecified atom stereocenters. The van der Waals surface area contributed by atoms with E-state index in [0.717, 1.165) is 0 Å². The zero-order chi connectivity index (χ0) is 22.9. The molecule has 3 aromatic rings. The lowest BCUT2D eigenvalue weighted by atomic mass is 10.2. The lowest BCUT2D eigenvalue weighted by Gasteiger charge is -2.09. The van der Waals surface area contributed by atoms with Gasteiger partial charge in [0.05, 0.1) is 4.90 Å². The molecule has 2 N–H and O–H groups in total. The number of aliphatic imine (C=N–C) groups is 1. The summed E-state index contributed by atoms with van der Waals surface area (Å²) in [5.74, 6) is -1.54. The highest BCUT2D eigenvalue weighted by Crippen LogP contribution is 2.30. The van der Waals surface area contributed by atoms with E-state index in [9.17, 15) is 23.3 Å². The number of nitriles is 1. The van der Waals surface area contributed by atoms with Crippen LogP contribution in [0.4, 0.5) is 5.69 Å². The zero-order valence-corrected chi connectivity index (χ0v) is 17.5. The van der Waals surface area contributed by atoms with Gasteiger partial charge in [-0.2, -0.15) is 5.26 Å². The fraction of sp³-hybridized carbons (Fsp3) is 0.143. The summed E-state index contributed by atoms with van der Waals surface area (Å²) in [6.07, 6.45) is 0. The van der Waals surface area contributed by atoms with Crippen molar-refractivity contribution in [2.75, 3.05) is 11.9 Å². The summed E-state index contributed by atoms with van der Waals surface area (Å²) in [6.45, 7) is 0.792. The van der Waals surface area contributed by atoms with Crippen LogP contribution >= 0.6 is 0 Å². The Morgan fingerprint density at radius 1 is 1.22 bits per heavy atom. The maximum Gasteiger partial charge on any atom is 0.331 e. The smallest absolute Gasteiger partial charge is 0.331 e. The first kappa shape index (κ1) is 21.1. The fourth-order valence-corrected chi connectivity index (χ4v) is 4.40. The van der Waals surface area contributed by atoms with Gasteiger partial charge in [0, 0.05) is 10.9 Å². The van der Waals surface area contributed by atoms with Gasteiger partial charge in [-0.25, -0.2) is 13.2 Å². The maximum atomic E-state index is 12.3. The van der Waals surface area contributed by atoms with Crippen molar-refractivity contribution in [1.82, 2.24) is 4.72 Å². The third-order valence-electron chi connectivity index (χ3n) is 4.63. The number of hydrogen-bond acceptors (Lipinski definition) is 8. The summed E-state index contributed by atoms with van der Waals surface area (Å²) in [5.41, 5.74) is 0.968. The summed E-state index contributed by atoms with van der Waals surface area (Å²) < 4.78 is 36.9. The van der Waals surface area contributed by atoms with Crippen LogP contribution in [0, 0.1) is 11.3 Å². The van der Waals surface area contributed by atoms with Crippen molar-refractivity contribution in [2.24, 2.45) is 4.99 Å². The van der Waals surface area contributed by atoms with Gasteiger partial charge in [0.15, 0.2) is 6.61 Å². The van der Waals surface area contributed by atoms with E-state index in [1.165, 1.54) is 13.0 Å². The van der Waals surface area contributed by atoms with Gasteiger partial charge >= 0.3 is 5.97 Å². The summed E-state index contributed by atoms with van der Waals surface area (Å²) in [7, 11) is -3.74. The van der Waals surface area contributed by atoms with Crippen LogP contribution in [0.1, 0.15) is 18.2 Å². The standard InChI is InChI=1S/C21H16N4O6S/c1-12(23-20-14-7-3-5-9-17(14)32(28,29)25-20)21(27)30-11-18(26)24-19-13-6-2-4-8-15(13)31-16(19)10-22/h2-9,12H,11H2,1H3,(H,23,25)(H,24,26). The van der Waals surface area contributed by atoms with Gasteiger partial charge in [-0.1, -0.05) is 24.3 Å². The molecule has 4 rings (SSSR count). The minimum absolute atomic E-state index is 0.0260. The number of carbonyl (C=O) groups is 2. The number of amidine groups is 1. The third kappa shape index (κ3) is 3.91. The molecule has 1 amide bonds. The van der Waals surface area contributed by atoms with Gasteiger partial charge in [0.25, 0.3) is 15.9 Å². The Bertz CT molecular complexity index is 1420. The van der Waals surface area contributed by atoms with Crippen LogP contribution in [0.3, 0.4) is 0 Å². The van der Waals surface area contributed by atoms with Crippen molar-refractivity contribution in [3.8, 4) is 6.07 Å². The van der Waals surface area contributed by atoms with Crippen molar-refractivity contribution >= 4 is 44.4 Å². The number of carbonyl (C=O) groups excluding carboxylic acids is 2. The molecule has 32 heavy (non-hydrogen) atoms. The zero-order valence-electron chi connectivity index (χ0n) is 16.7. The number of esters is 1. The van der Waals surface area contributed by atoms with Gasteiger partial charge < -0.3 is 14.5 Å². The van der Waals surface area contributed by atoms with E-state index in [4.69, 9.17) is 9.15 Å². The summed E-state index contributed by atoms with van der Waals surface area (Å²) >= 11 is 0. The maximum absolute atomic E-state index is 12.3. The number of hydrogen-bond donors (Lipinski definition) is 2. The minimum atomic E-state index is -3.74. The Morgan fingerprint density at radius 3 is 2.72 bits per heavy atom. The second-order valence-electron chi connectivity index (χ2n) is 6.83. The van der Waals surface area contributed by atoms with Crippen LogP contribution in [0.2, 0.25) is 0 Å². The number of furan rings is 1. The Hall–Kier alpha value is -4.17. The minimum Gasteiger partial charge on any atom is -0.454 e. The van der Waals surface area contributed by atoms with Crippen LogP contribution in [0.25, 0.3) is 11.0 Å². The van der Waals surface area contributed by atoms with Crippen LogP contribution in [-0.2, 0) is 24.3 Å². The highest BCUT2D eigenvalue weighted by molar-refractivity contribution is 7.90. The number of nitrogens with one attached hydrogen (secondary N) is 2. The van der Waals surface area contributed by atoms with E-state index < -0.39 is 34.5 Å². The van der Waals surface area contributed by atoms with Crippen molar-refractivity contribution < 1.29 is 27.2 Å². The molecular weight excluding hydrogens is 436 g/mol. The summed E-state index contributed by atoms with van der Waals surface area (Å²) in [4.78, 5) is 28.7. The second kappa shape index (κ2) is 8.16. The number of benzene rings is 2. The number of ether oxygens (including phenoxy) is 1. The SMILES string of the molecule is CC(N=C1NS(=O)(=O)c2ccccc21)C(=O)OCC(=O)Nc1c(C#N)oc2ccccc12. The summed E-state index contributed by atoms with van der Waals surface area (Å²) in [6, 6.07) is 13.8. The molecule has 0 spiro atoms.